The molecule has 5 heteroatoms. The topological polar surface area (TPSA) is 56.3 Å². The molecule has 0 bridgehead atoms. The molecule has 0 saturated heterocycles. The molecular weight excluding hydrogens is 228 g/mol. The van der Waals surface area contributed by atoms with Crippen molar-refractivity contribution >= 4 is 0 Å². The second-order valence-electron chi connectivity index (χ2n) is 4.96. The van der Waals surface area contributed by atoms with E-state index in [1.165, 1.54) is 11.3 Å². The normalized spacial score (nSPS) is 13.6. The third-order valence-electron chi connectivity index (χ3n) is 3.28. The van der Waals surface area contributed by atoms with Crippen molar-refractivity contribution in [2.45, 2.75) is 32.9 Å². The van der Waals surface area contributed by atoms with Gasteiger partial charge in [0.2, 0.25) is 0 Å². The lowest BCUT2D eigenvalue weighted by Gasteiger charge is -2.27. The van der Waals surface area contributed by atoms with Crippen LogP contribution in [0.1, 0.15) is 31.1 Å². The molecule has 1 aromatic rings. The lowest BCUT2D eigenvalue weighted by molar-refractivity contribution is 0.0563. The fraction of sp³-hybridized carbons (Fsp3) is 0.769. The van der Waals surface area contributed by atoms with Crippen LogP contribution in [0.15, 0.2) is 6.20 Å². The summed E-state index contributed by atoms with van der Waals surface area (Å²) in [5, 5.41) is 4.28. The fourth-order valence-corrected chi connectivity index (χ4v) is 1.98. The maximum atomic E-state index is 5.90. The highest BCUT2D eigenvalue weighted by Gasteiger charge is 2.19. The summed E-state index contributed by atoms with van der Waals surface area (Å²) in [5.41, 5.74) is 8.27. The number of likely N-dealkylation sites (N-methyl/N-ethyl adjacent to an activating group) is 1. The second kappa shape index (κ2) is 6.87. The molecule has 18 heavy (non-hydrogen) atoms. The smallest absolute Gasteiger partial charge is 0.0597 e. The SMILES string of the molecule is Cc1c(C(CN)N(C)CCOC(C)C)cnn1C. The Balaban J connectivity index is 2.63. The molecule has 0 saturated carbocycles. The van der Waals surface area contributed by atoms with Crippen molar-refractivity contribution in [3.05, 3.63) is 17.5 Å². The first-order chi connectivity index (χ1) is 8.47. The van der Waals surface area contributed by atoms with Gasteiger partial charge in [-0.2, -0.15) is 5.10 Å². The molecule has 0 aliphatic carbocycles. The number of ether oxygens (including phenoxy) is 1. The molecule has 0 aliphatic rings. The third kappa shape index (κ3) is 3.80. The third-order valence-corrected chi connectivity index (χ3v) is 3.28. The van der Waals surface area contributed by atoms with E-state index in [9.17, 15) is 0 Å². The Hall–Kier alpha value is -0.910. The van der Waals surface area contributed by atoms with Crippen LogP contribution in [-0.2, 0) is 11.8 Å². The van der Waals surface area contributed by atoms with Crippen LogP contribution in [0.4, 0.5) is 0 Å². The maximum absolute atomic E-state index is 5.90. The van der Waals surface area contributed by atoms with Crippen LogP contribution in [-0.4, -0.2) is 47.5 Å². The standard InChI is InChI=1S/C13H26N4O/c1-10(2)18-7-6-16(4)13(8-14)12-9-15-17(5)11(12)3/h9-10,13H,6-8,14H2,1-5H3. The highest BCUT2D eigenvalue weighted by atomic mass is 16.5. The molecular formula is C13H26N4O. The van der Waals surface area contributed by atoms with Gasteiger partial charge in [0.25, 0.3) is 0 Å². The molecule has 0 spiro atoms. The highest BCUT2D eigenvalue weighted by molar-refractivity contribution is 5.20. The molecule has 1 unspecified atom stereocenters. The molecule has 0 fully saturated rings. The quantitative estimate of drug-likeness (QED) is 0.791. The summed E-state index contributed by atoms with van der Waals surface area (Å²) in [6.07, 6.45) is 2.18. The zero-order chi connectivity index (χ0) is 13.7. The van der Waals surface area contributed by atoms with E-state index in [-0.39, 0.29) is 12.1 Å². The minimum absolute atomic E-state index is 0.203. The van der Waals surface area contributed by atoms with E-state index < -0.39 is 0 Å². The largest absolute Gasteiger partial charge is 0.377 e. The summed E-state index contributed by atoms with van der Waals surface area (Å²) in [6.45, 7) is 8.35. The number of aromatic nitrogens is 2. The van der Waals surface area contributed by atoms with Gasteiger partial charge < -0.3 is 10.5 Å². The van der Waals surface area contributed by atoms with E-state index in [1.54, 1.807) is 0 Å². The van der Waals surface area contributed by atoms with Gasteiger partial charge in [0.05, 0.1) is 24.9 Å². The summed E-state index contributed by atoms with van der Waals surface area (Å²) in [7, 11) is 4.03. The van der Waals surface area contributed by atoms with Gasteiger partial charge in [0.1, 0.15) is 0 Å². The average molecular weight is 254 g/mol. The van der Waals surface area contributed by atoms with Crippen molar-refractivity contribution in [3.8, 4) is 0 Å². The molecule has 0 aromatic carbocycles. The molecule has 0 aliphatic heterocycles. The Morgan fingerprint density at radius 1 is 1.50 bits per heavy atom. The first-order valence-corrected chi connectivity index (χ1v) is 6.47. The van der Waals surface area contributed by atoms with Gasteiger partial charge >= 0.3 is 0 Å². The Labute approximate surface area is 110 Å². The van der Waals surface area contributed by atoms with Gasteiger partial charge in [0, 0.05) is 31.4 Å². The van der Waals surface area contributed by atoms with E-state index in [2.05, 4.69) is 24.0 Å². The summed E-state index contributed by atoms with van der Waals surface area (Å²) in [6, 6.07) is 0.203. The first kappa shape index (κ1) is 15.1. The molecule has 1 atom stereocenters. The van der Waals surface area contributed by atoms with E-state index in [4.69, 9.17) is 10.5 Å². The van der Waals surface area contributed by atoms with E-state index >= 15 is 0 Å². The average Bonchev–Trinajstić information content (AvgIpc) is 2.62. The lowest BCUT2D eigenvalue weighted by atomic mass is 10.1. The monoisotopic (exact) mass is 254 g/mol. The minimum atomic E-state index is 0.203. The summed E-state index contributed by atoms with van der Waals surface area (Å²) >= 11 is 0. The first-order valence-electron chi connectivity index (χ1n) is 6.47. The molecule has 2 N–H and O–H groups in total. The van der Waals surface area contributed by atoms with Crippen LogP contribution in [0, 0.1) is 6.92 Å². The van der Waals surface area contributed by atoms with Crippen LogP contribution in [0.5, 0.6) is 0 Å². The predicted octanol–water partition coefficient (Wildman–Crippen LogP) is 1.09. The van der Waals surface area contributed by atoms with Gasteiger partial charge in [-0.1, -0.05) is 0 Å². The molecule has 1 heterocycles. The predicted molar refractivity (Wildman–Crippen MR) is 73.5 cm³/mol. The molecule has 0 amide bonds. The van der Waals surface area contributed by atoms with E-state index in [0.29, 0.717) is 6.54 Å². The zero-order valence-corrected chi connectivity index (χ0v) is 12.2. The fourth-order valence-electron chi connectivity index (χ4n) is 1.98. The lowest BCUT2D eigenvalue weighted by Crippen LogP contribution is -2.33. The van der Waals surface area contributed by atoms with Crippen molar-refractivity contribution in [3.63, 3.8) is 0 Å². The number of rotatable bonds is 7. The minimum Gasteiger partial charge on any atom is -0.377 e. The Kier molecular flexibility index (Phi) is 5.78. The molecule has 1 rings (SSSR count). The molecule has 5 nitrogen and oxygen atoms in total. The van der Waals surface area contributed by atoms with Crippen LogP contribution < -0.4 is 5.73 Å². The van der Waals surface area contributed by atoms with Crippen molar-refractivity contribution in [1.82, 2.24) is 14.7 Å². The van der Waals surface area contributed by atoms with Crippen LogP contribution >= 0.6 is 0 Å². The van der Waals surface area contributed by atoms with Crippen molar-refractivity contribution in [2.75, 3.05) is 26.7 Å². The summed E-state index contributed by atoms with van der Waals surface area (Å²) < 4.78 is 7.46. The van der Waals surface area contributed by atoms with Crippen LogP contribution in [0.3, 0.4) is 0 Å². The van der Waals surface area contributed by atoms with Gasteiger partial charge in [-0.25, -0.2) is 0 Å². The van der Waals surface area contributed by atoms with Crippen molar-refractivity contribution < 1.29 is 4.74 Å². The van der Waals surface area contributed by atoms with Crippen LogP contribution in [0.25, 0.3) is 0 Å². The summed E-state index contributed by atoms with van der Waals surface area (Å²) in [5.74, 6) is 0. The summed E-state index contributed by atoms with van der Waals surface area (Å²) in [4.78, 5) is 2.23. The molecule has 0 radical (unpaired) electrons. The number of aryl methyl sites for hydroxylation is 1. The van der Waals surface area contributed by atoms with Crippen LogP contribution in [0.2, 0.25) is 0 Å². The van der Waals surface area contributed by atoms with E-state index in [0.717, 1.165) is 13.2 Å². The number of hydrogen-bond donors (Lipinski definition) is 1. The van der Waals surface area contributed by atoms with Crippen molar-refractivity contribution in [2.24, 2.45) is 12.8 Å². The Morgan fingerprint density at radius 2 is 2.17 bits per heavy atom. The van der Waals surface area contributed by atoms with Gasteiger partial charge in [-0.15, -0.1) is 0 Å². The number of nitrogens with zero attached hydrogens (tertiary/aromatic N) is 3. The second-order valence-corrected chi connectivity index (χ2v) is 4.96. The van der Waals surface area contributed by atoms with E-state index in [1.807, 2.05) is 31.8 Å². The maximum Gasteiger partial charge on any atom is 0.0597 e. The molecule has 1 aromatic heterocycles. The highest BCUT2D eigenvalue weighted by Crippen LogP contribution is 2.20. The Morgan fingerprint density at radius 3 is 2.61 bits per heavy atom. The number of nitrogens with two attached hydrogens (primary N) is 1. The van der Waals surface area contributed by atoms with Crippen molar-refractivity contribution in [1.29, 1.82) is 0 Å². The number of hydrogen-bond acceptors (Lipinski definition) is 4. The zero-order valence-electron chi connectivity index (χ0n) is 12.2. The van der Waals surface area contributed by atoms with Gasteiger partial charge in [-0.3, -0.25) is 9.58 Å². The van der Waals surface area contributed by atoms with Gasteiger partial charge in [0.15, 0.2) is 0 Å². The molecule has 104 valence electrons. The van der Waals surface area contributed by atoms with Gasteiger partial charge in [-0.05, 0) is 27.8 Å². The Bertz CT molecular complexity index is 362.